The van der Waals surface area contributed by atoms with Crippen molar-refractivity contribution >= 4 is 12.4 Å². The number of benzene rings is 2. The van der Waals surface area contributed by atoms with Crippen molar-refractivity contribution in [2.45, 2.75) is 64.2 Å². The van der Waals surface area contributed by atoms with Crippen LogP contribution in [-0.2, 0) is 0 Å². The lowest BCUT2D eigenvalue weighted by atomic mass is 10.1. The first kappa shape index (κ1) is 27.2. The van der Waals surface area contributed by atoms with Crippen LogP contribution in [-0.4, -0.2) is 50.0 Å². The highest BCUT2D eigenvalue weighted by atomic mass is 16.5. The highest BCUT2D eigenvalue weighted by Gasteiger charge is 2.05. The number of rotatable bonds is 17. The highest BCUT2D eigenvalue weighted by Crippen LogP contribution is 2.26. The fourth-order valence-electron chi connectivity index (χ4n) is 3.81. The average Bonchev–Trinajstić information content (AvgIpc) is 2.85. The Bertz CT molecular complexity index is 822. The van der Waals surface area contributed by atoms with E-state index in [-0.39, 0.29) is 11.5 Å². The van der Waals surface area contributed by atoms with Gasteiger partial charge in [0.15, 0.2) is 0 Å². The van der Waals surface area contributed by atoms with E-state index in [9.17, 15) is 10.2 Å². The first-order chi connectivity index (χ1) is 16.7. The molecule has 0 bridgehead atoms. The Morgan fingerprint density at radius 3 is 1.29 bits per heavy atom. The lowest BCUT2D eigenvalue weighted by Crippen LogP contribution is -1.92. The lowest BCUT2D eigenvalue weighted by molar-refractivity contribution is 0.406. The van der Waals surface area contributed by atoms with E-state index in [1.165, 1.54) is 51.4 Å². The molecule has 6 heteroatoms. The summed E-state index contributed by atoms with van der Waals surface area (Å²) in [5.74, 6) is 1.68. The number of ether oxygens (including phenoxy) is 2. The Labute approximate surface area is 204 Å². The number of hydrogen-bond donors (Lipinski definition) is 2. The summed E-state index contributed by atoms with van der Waals surface area (Å²) < 4.78 is 10.5. The van der Waals surface area contributed by atoms with E-state index in [0.717, 1.165) is 25.9 Å². The van der Waals surface area contributed by atoms with Gasteiger partial charge >= 0.3 is 0 Å². The molecule has 0 unspecified atom stereocenters. The first-order valence-electron chi connectivity index (χ1n) is 12.4. The molecule has 0 heterocycles. The molecule has 0 saturated heterocycles. The molecule has 186 valence electrons. The number of phenolic OH excluding ortho intramolecular Hbond substituents is 2. The molecule has 2 N–H and O–H groups in total. The van der Waals surface area contributed by atoms with Crippen molar-refractivity contribution in [2.75, 3.05) is 27.3 Å². The summed E-state index contributed by atoms with van der Waals surface area (Å²) in [7, 11) is 3.19. The highest BCUT2D eigenvalue weighted by molar-refractivity contribution is 5.87. The second kappa shape index (κ2) is 16.6. The number of unbranched alkanes of at least 4 members (excludes halogenated alkanes) is 9. The Kier molecular flexibility index (Phi) is 13.3. The van der Waals surface area contributed by atoms with Gasteiger partial charge in [-0.15, -0.1) is 0 Å². The van der Waals surface area contributed by atoms with Crippen LogP contribution < -0.4 is 9.47 Å². The van der Waals surface area contributed by atoms with E-state index in [1.807, 2.05) is 12.1 Å². The van der Waals surface area contributed by atoms with Crippen molar-refractivity contribution in [3.63, 3.8) is 0 Å². The van der Waals surface area contributed by atoms with Crippen LogP contribution in [0.5, 0.6) is 23.0 Å². The Balaban J connectivity index is 1.43. The number of nitrogens with zero attached hydrogens (tertiary/aromatic N) is 2. The number of hydrogen-bond acceptors (Lipinski definition) is 6. The third-order valence-corrected chi connectivity index (χ3v) is 5.79. The Morgan fingerprint density at radius 2 is 0.941 bits per heavy atom. The Hall–Kier alpha value is -3.02. The van der Waals surface area contributed by atoms with Crippen LogP contribution in [0, 0.1) is 0 Å². The summed E-state index contributed by atoms with van der Waals surface area (Å²) in [6.45, 7) is 1.55. The molecule has 0 radical (unpaired) electrons. The molecule has 0 atom stereocenters. The molecule has 0 aliphatic heterocycles. The van der Waals surface area contributed by atoms with Crippen molar-refractivity contribution in [1.82, 2.24) is 0 Å². The maximum atomic E-state index is 9.92. The zero-order valence-corrected chi connectivity index (χ0v) is 20.7. The Morgan fingerprint density at radius 1 is 0.588 bits per heavy atom. The minimum absolute atomic E-state index is 0.198. The summed E-state index contributed by atoms with van der Waals surface area (Å²) in [6.07, 6.45) is 15.6. The van der Waals surface area contributed by atoms with Crippen molar-refractivity contribution < 1.29 is 19.7 Å². The van der Waals surface area contributed by atoms with Crippen molar-refractivity contribution in [3.8, 4) is 23.0 Å². The molecule has 0 aliphatic carbocycles. The second-order valence-corrected chi connectivity index (χ2v) is 8.39. The van der Waals surface area contributed by atoms with Gasteiger partial charge in [0, 0.05) is 25.5 Å². The maximum Gasteiger partial charge on any atom is 0.131 e. The minimum atomic E-state index is 0.198. The first-order valence-corrected chi connectivity index (χ1v) is 12.4. The number of aliphatic imine (C=N–C) groups is 2. The molecule has 34 heavy (non-hydrogen) atoms. The molecular weight excluding hydrogens is 428 g/mol. The van der Waals surface area contributed by atoms with Gasteiger partial charge in [0.1, 0.15) is 23.0 Å². The summed E-state index contributed by atoms with van der Waals surface area (Å²) in [5, 5.41) is 19.8. The molecule has 0 aliphatic rings. The van der Waals surface area contributed by atoms with Gasteiger partial charge in [-0.25, -0.2) is 0 Å². The standard InChI is InChI=1S/C28H40N2O4/c1-33-27-17-13-15-25(31)23(27)21-29-19-11-9-7-5-3-4-6-8-10-12-20-30-22-24-26(32)16-14-18-28(24)34-2/h13-18,21-22,31-32H,3-12,19-20H2,1-2H3. The van der Waals surface area contributed by atoms with E-state index < -0.39 is 0 Å². The van der Waals surface area contributed by atoms with E-state index in [4.69, 9.17) is 9.47 Å². The van der Waals surface area contributed by atoms with Gasteiger partial charge in [0.2, 0.25) is 0 Å². The molecule has 6 nitrogen and oxygen atoms in total. The summed E-state index contributed by atoms with van der Waals surface area (Å²) in [6, 6.07) is 10.5. The number of aromatic hydroxyl groups is 2. The molecule has 0 amide bonds. The van der Waals surface area contributed by atoms with Gasteiger partial charge < -0.3 is 19.7 Å². The minimum Gasteiger partial charge on any atom is -0.507 e. The predicted octanol–water partition coefficient (Wildman–Crippen LogP) is 6.55. The van der Waals surface area contributed by atoms with Crippen molar-refractivity contribution in [3.05, 3.63) is 47.5 Å². The van der Waals surface area contributed by atoms with Crippen LogP contribution in [0.4, 0.5) is 0 Å². The maximum absolute atomic E-state index is 9.92. The van der Waals surface area contributed by atoms with Crippen LogP contribution >= 0.6 is 0 Å². The topological polar surface area (TPSA) is 83.6 Å². The molecule has 2 rings (SSSR count). The zero-order valence-electron chi connectivity index (χ0n) is 20.7. The molecule has 2 aromatic carbocycles. The zero-order chi connectivity index (χ0) is 24.4. The fourth-order valence-corrected chi connectivity index (χ4v) is 3.81. The predicted molar refractivity (Wildman–Crippen MR) is 140 cm³/mol. The molecule has 0 fully saturated rings. The molecule has 0 saturated carbocycles. The van der Waals surface area contributed by atoms with E-state index in [2.05, 4.69) is 9.98 Å². The summed E-state index contributed by atoms with van der Waals surface area (Å²) >= 11 is 0. The van der Waals surface area contributed by atoms with E-state index >= 15 is 0 Å². The van der Waals surface area contributed by atoms with E-state index in [0.29, 0.717) is 22.6 Å². The summed E-state index contributed by atoms with van der Waals surface area (Å²) in [4.78, 5) is 8.87. The van der Waals surface area contributed by atoms with Crippen molar-refractivity contribution in [2.24, 2.45) is 9.98 Å². The normalized spacial score (nSPS) is 11.5. The van der Waals surface area contributed by atoms with Gasteiger partial charge in [-0.05, 0) is 37.1 Å². The monoisotopic (exact) mass is 468 g/mol. The van der Waals surface area contributed by atoms with Crippen molar-refractivity contribution in [1.29, 1.82) is 0 Å². The van der Waals surface area contributed by atoms with Crippen LogP contribution in [0.15, 0.2) is 46.4 Å². The fraction of sp³-hybridized carbons (Fsp3) is 0.500. The van der Waals surface area contributed by atoms with Crippen LogP contribution in [0.2, 0.25) is 0 Å². The molecule has 0 spiro atoms. The van der Waals surface area contributed by atoms with Crippen LogP contribution in [0.25, 0.3) is 0 Å². The SMILES string of the molecule is COc1cccc(O)c1C=NCCCCCCCCCCCCN=Cc1c(O)cccc1OC. The third kappa shape index (κ3) is 9.86. The third-order valence-electron chi connectivity index (χ3n) is 5.79. The average molecular weight is 469 g/mol. The smallest absolute Gasteiger partial charge is 0.131 e. The van der Waals surface area contributed by atoms with Crippen LogP contribution in [0.1, 0.15) is 75.3 Å². The second-order valence-electron chi connectivity index (χ2n) is 8.39. The summed E-state index contributed by atoms with van der Waals surface area (Å²) in [5.41, 5.74) is 1.29. The molecular formula is C28H40N2O4. The number of methoxy groups -OCH3 is 2. The molecule has 0 aromatic heterocycles. The van der Waals surface area contributed by atoms with E-state index in [1.54, 1.807) is 50.9 Å². The number of phenols is 2. The van der Waals surface area contributed by atoms with Gasteiger partial charge in [-0.1, -0.05) is 63.5 Å². The van der Waals surface area contributed by atoms with Gasteiger partial charge in [0.05, 0.1) is 25.3 Å². The lowest BCUT2D eigenvalue weighted by Gasteiger charge is -2.06. The quantitative estimate of drug-likeness (QED) is 0.204. The van der Waals surface area contributed by atoms with Crippen LogP contribution in [0.3, 0.4) is 0 Å². The van der Waals surface area contributed by atoms with Gasteiger partial charge in [0.25, 0.3) is 0 Å². The molecule has 2 aromatic rings. The largest absolute Gasteiger partial charge is 0.507 e. The van der Waals surface area contributed by atoms with Gasteiger partial charge in [-0.2, -0.15) is 0 Å². The van der Waals surface area contributed by atoms with Gasteiger partial charge in [-0.3, -0.25) is 9.98 Å².